The van der Waals surface area contributed by atoms with Gasteiger partial charge >= 0.3 is 0 Å². The van der Waals surface area contributed by atoms with Crippen molar-refractivity contribution in [3.63, 3.8) is 0 Å². The molecule has 13 heteroatoms. The molecule has 6 N–H and O–H groups in total. The first-order valence-corrected chi connectivity index (χ1v) is 12.8. The van der Waals surface area contributed by atoms with E-state index in [4.69, 9.17) is 15.4 Å². The van der Waals surface area contributed by atoms with Gasteiger partial charge in [-0.15, -0.1) is 5.06 Å². The van der Waals surface area contributed by atoms with Crippen LogP contribution < -0.4 is 5.73 Å². The summed E-state index contributed by atoms with van der Waals surface area (Å²) in [6.07, 6.45) is 0.186. The van der Waals surface area contributed by atoms with Gasteiger partial charge in [0.2, 0.25) is 11.7 Å². The van der Waals surface area contributed by atoms with E-state index in [1.807, 2.05) is 0 Å². The van der Waals surface area contributed by atoms with Gasteiger partial charge in [0.15, 0.2) is 11.4 Å². The highest BCUT2D eigenvalue weighted by Gasteiger charge is 2.63. The van der Waals surface area contributed by atoms with Crippen LogP contribution >= 0.6 is 0 Å². The SMILES string of the molecule is CCO/N=C(\C)ON(C)Cc1ccc(O)c2c1C[C@H]1C[C@H]3[C@H](N(C)C)C(O)=C(C(N)=O)C(=O)[C@@]3(O)C(O)=C1C2=O. The highest BCUT2D eigenvalue weighted by molar-refractivity contribution is 6.24. The van der Waals surface area contributed by atoms with Crippen LogP contribution in [0.3, 0.4) is 0 Å². The number of hydrogen-bond acceptors (Lipinski definition) is 12. The van der Waals surface area contributed by atoms with Gasteiger partial charge in [0.05, 0.1) is 18.2 Å². The Labute approximate surface area is 230 Å². The molecule has 0 saturated carbocycles. The molecule has 1 amide bonds. The summed E-state index contributed by atoms with van der Waals surface area (Å²) in [5.41, 5.74) is 2.74. The number of benzene rings is 1. The van der Waals surface area contributed by atoms with E-state index in [-0.39, 0.29) is 42.2 Å². The van der Waals surface area contributed by atoms with Gasteiger partial charge in [-0.25, -0.2) is 0 Å². The van der Waals surface area contributed by atoms with E-state index < -0.39 is 58.0 Å². The fraction of sp³-hybridized carbons (Fsp3) is 0.481. The Balaban J connectivity index is 1.80. The van der Waals surface area contributed by atoms with Crippen LogP contribution in [-0.4, -0.2) is 93.2 Å². The number of primary amides is 1. The largest absolute Gasteiger partial charge is 0.510 e. The zero-order valence-electron chi connectivity index (χ0n) is 23.0. The smallest absolute Gasteiger partial charge is 0.255 e. The van der Waals surface area contributed by atoms with E-state index in [1.165, 1.54) is 16.0 Å². The second-order valence-corrected chi connectivity index (χ2v) is 10.5. The Bertz CT molecular complexity index is 1370. The number of phenolic OH excluding ortho intramolecular Hbond substituents is 1. The molecule has 1 aromatic carbocycles. The maximum atomic E-state index is 13.8. The van der Waals surface area contributed by atoms with Gasteiger partial charge in [0.1, 0.15) is 29.4 Å². The number of aliphatic hydroxyl groups excluding tert-OH is 2. The number of hydroxylamine groups is 2. The summed E-state index contributed by atoms with van der Waals surface area (Å²) >= 11 is 0. The fourth-order valence-corrected chi connectivity index (χ4v) is 6.13. The third-order valence-electron chi connectivity index (χ3n) is 7.71. The summed E-state index contributed by atoms with van der Waals surface area (Å²) in [6.45, 7) is 3.97. The molecule has 3 aliphatic carbocycles. The molecular weight excluding hydrogens is 524 g/mol. The van der Waals surface area contributed by atoms with Gasteiger partial charge in [-0.2, -0.15) is 0 Å². The number of nitrogens with zero attached hydrogens (tertiary/aromatic N) is 3. The van der Waals surface area contributed by atoms with Crippen molar-refractivity contribution >= 4 is 23.4 Å². The lowest BCUT2D eigenvalue weighted by Crippen LogP contribution is -2.63. The highest BCUT2D eigenvalue weighted by Crippen LogP contribution is 2.52. The number of Topliss-reactive ketones (excluding diaryl/α,β-unsaturated/α-hetero) is 2. The number of amides is 1. The molecule has 4 rings (SSSR count). The van der Waals surface area contributed by atoms with Crippen LogP contribution in [0.1, 0.15) is 41.8 Å². The molecule has 0 aromatic heterocycles. The van der Waals surface area contributed by atoms with Crippen molar-refractivity contribution in [1.29, 1.82) is 0 Å². The zero-order valence-corrected chi connectivity index (χ0v) is 23.0. The Kier molecular flexibility index (Phi) is 7.67. The van der Waals surface area contributed by atoms with Crippen LogP contribution in [0.2, 0.25) is 0 Å². The number of phenols is 1. The van der Waals surface area contributed by atoms with Crippen LogP contribution in [0.25, 0.3) is 0 Å². The summed E-state index contributed by atoms with van der Waals surface area (Å²) in [6, 6.07) is 1.95. The quantitative estimate of drug-likeness (QED) is 0.138. The molecule has 4 atom stereocenters. The minimum absolute atomic E-state index is 0.00726. The third-order valence-corrected chi connectivity index (χ3v) is 7.71. The first-order chi connectivity index (χ1) is 18.7. The lowest BCUT2D eigenvalue weighted by molar-refractivity contribution is -0.148. The van der Waals surface area contributed by atoms with Gasteiger partial charge in [0.25, 0.3) is 5.91 Å². The monoisotopic (exact) mass is 558 g/mol. The van der Waals surface area contributed by atoms with Crippen molar-refractivity contribution < 1.29 is 44.5 Å². The molecule has 0 bridgehead atoms. The first kappa shape index (κ1) is 29.1. The number of oxime groups is 1. The topological polar surface area (TPSA) is 195 Å². The van der Waals surface area contributed by atoms with E-state index in [9.17, 15) is 34.8 Å². The van der Waals surface area contributed by atoms with Gasteiger partial charge < -0.3 is 35.8 Å². The molecule has 0 aliphatic heterocycles. The summed E-state index contributed by atoms with van der Waals surface area (Å²) in [7, 11) is 4.82. The standard InChI is InChI=1S/C27H34N4O9/c1-6-39-29-12(2)40-31(5)11-13-7-8-17(32)19-15(13)9-14-10-16-21(30(3)4)23(34)20(26(28)37)25(36)27(16,38)24(35)18(14)22(19)33/h7-8,14,16,21,32,34-35,38H,6,9-11H2,1-5H3,(H2,28,37)/b29-12+/t14-,16-,21-,27-/m0/s1. The number of aromatic hydroxyl groups is 1. The number of rotatable bonds is 7. The van der Waals surface area contributed by atoms with E-state index in [2.05, 4.69) is 5.16 Å². The van der Waals surface area contributed by atoms with Crippen molar-refractivity contribution in [2.75, 3.05) is 27.7 Å². The predicted molar refractivity (Wildman–Crippen MR) is 141 cm³/mol. The molecule has 3 aliphatic rings. The number of allylic oxidation sites excluding steroid dienone is 1. The molecule has 1 aromatic rings. The molecule has 0 fully saturated rings. The number of aliphatic hydroxyl groups is 3. The average molecular weight is 559 g/mol. The number of likely N-dealkylation sites (N-methyl/N-ethyl adjacent to an activating group) is 1. The van der Waals surface area contributed by atoms with Crippen molar-refractivity contribution in [2.24, 2.45) is 22.7 Å². The summed E-state index contributed by atoms with van der Waals surface area (Å²) in [5, 5.41) is 49.9. The molecule has 0 radical (unpaired) electrons. The molecule has 0 heterocycles. The lowest BCUT2D eigenvalue weighted by Gasteiger charge is -2.50. The van der Waals surface area contributed by atoms with Crippen LogP contribution in [0.5, 0.6) is 5.75 Å². The maximum absolute atomic E-state index is 13.8. The minimum atomic E-state index is -2.68. The molecule has 216 valence electrons. The second-order valence-electron chi connectivity index (χ2n) is 10.5. The average Bonchev–Trinajstić information content (AvgIpc) is 2.86. The lowest BCUT2D eigenvalue weighted by atomic mass is 9.58. The summed E-state index contributed by atoms with van der Waals surface area (Å²) in [4.78, 5) is 51.3. The molecule has 40 heavy (non-hydrogen) atoms. The van der Waals surface area contributed by atoms with Crippen LogP contribution in [0, 0.1) is 11.8 Å². The molecular formula is C27H34N4O9. The van der Waals surface area contributed by atoms with Gasteiger partial charge in [-0.1, -0.05) is 11.2 Å². The Morgan fingerprint density at radius 2 is 1.88 bits per heavy atom. The van der Waals surface area contributed by atoms with E-state index in [0.29, 0.717) is 17.7 Å². The number of fused-ring (bicyclic) bond motifs is 3. The molecule has 0 unspecified atom stereocenters. The van der Waals surface area contributed by atoms with Crippen LogP contribution in [-0.2, 0) is 32.2 Å². The van der Waals surface area contributed by atoms with Gasteiger partial charge in [-0.05, 0) is 57.0 Å². The first-order valence-electron chi connectivity index (χ1n) is 12.8. The fourth-order valence-electron chi connectivity index (χ4n) is 6.13. The van der Waals surface area contributed by atoms with E-state index in [0.717, 1.165) is 0 Å². The normalized spacial score (nSPS) is 26.6. The molecule has 0 saturated heterocycles. The van der Waals surface area contributed by atoms with Crippen LogP contribution in [0.4, 0.5) is 0 Å². The van der Waals surface area contributed by atoms with Gasteiger partial charge in [-0.3, -0.25) is 19.3 Å². The number of carbonyl (C=O) groups excluding carboxylic acids is 3. The number of carbonyl (C=O) groups is 3. The van der Waals surface area contributed by atoms with Crippen LogP contribution in [0.15, 0.2) is 40.0 Å². The number of nitrogens with two attached hydrogens (primary N) is 1. The highest BCUT2D eigenvalue weighted by atomic mass is 16.7. The maximum Gasteiger partial charge on any atom is 0.255 e. The van der Waals surface area contributed by atoms with Crippen molar-refractivity contribution in [3.05, 3.63) is 51.5 Å². The second kappa shape index (κ2) is 10.6. The molecule has 0 spiro atoms. The van der Waals surface area contributed by atoms with Crippen molar-refractivity contribution in [1.82, 2.24) is 9.96 Å². The number of hydrogen-bond donors (Lipinski definition) is 5. The Morgan fingerprint density at radius 3 is 2.48 bits per heavy atom. The Hall–Kier alpha value is -3.94. The summed E-state index contributed by atoms with van der Waals surface area (Å²) < 4.78 is 0. The zero-order chi connectivity index (χ0) is 29.7. The summed E-state index contributed by atoms with van der Waals surface area (Å²) in [5.74, 6) is -6.64. The predicted octanol–water partition coefficient (Wildman–Crippen LogP) is 0.854. The van der Waals surface area contributed by atoms with Crippen molar-refractivity contribution in [3.8, 4) is 5.75 Å². The Morgan fingerprint density at radius 1 is 1.20 bits per heavy atom. The third kappa shape index (κ3) is 4.49. The van der Waals surface area contributed by atoms with Crippen molar-refractivity contribution in [2.45, 2.75) is 44.9 Å². The molecule has 13 nitrogen and oxygen atoms in total. The van der Waals surface area contributed by atoms with Gasteiger partial charge in [0, 0.05) is 25.5 Å². The number of ketones is 2. The van der Waals surface area contributed by atoms with E-state index >= 15 is 0 Å². The van der Waals surface area contributed by atoms with E-state index in [1.54, 1.807) is 41.1 Å². The minimum Gasteiger partial charge on any atom is -0.510 e.